The molecule has 1 aromatic heterocycles. The SMILES string of the molecule is COc1ccc(C)cc1Nc1nc(C)cc(Nc2ccc(F)c(Cl)c2)n1. The summed E-state index contributed by atoms with van der Waals surface area (Å²) < 4.78 is 18.7. The van der Waals surface area contributed by atoms with Crippen LogP contribution in [0.5, 0.6) is 5.75 Å². The fourth-order valence-electron chi connectivity index (χ4n) is 2.45. The van der Waals surface area contributed by atoms with E-state index in [2.05, 4.69) is 20.6 Å². The Bertz CT molecular complexity index is 949. The Balaban J connectivity index is 1.88. The fourth-order valence-corrected chi connectivity index (χ4v) is 2.63. The van der Waals surface area contributed by atoms with E-state index in [0.29, 0.717) is 23.2 Å². The molecule has 7 heteroatoms. The van der Waals surface area contributed by atoms with Crippen LogP contribution in [-0.2, 0) is 0 Å². The van der Waals surface area contributed by atoms with Gasteiger partial charge in [0.1, 0.15) is 17.4 Å². The van der Waals surface area contributed by atoms with E-state index >= 15 is 0 Å². The number of hydrogen-bond acceptors (Lipinski definition) is 5. The van der Waals surface area contributed by atoms with Crippen molar-refractivity contribution in [1.82, 2.24) is 9.97 Å². The maximum absolute atomic E-state index is 13.3. The fraction of sp³-hybridized carbons (Fsp3) is 0.158. The van der Waals surface area contributed by atoms with Crippen molar-refractivity contribution >= 4 is 34.7 Å². The lowest BCUT2D eigenvalue weighted by atomic mass is 10.2. The van der Waals surface area contributed by atoms with Crippen LogP contribution in [0.1, 0.15) is 11.3 Å². The van der Waals surface area contributed by atoms with Crippen LogP contribution in [0.3, 0.4) is 0 Å². The molecule has 26 heavy (non-hydrogen) atoms. The van der Waals surface area contributed by atoms with Gasteiger partial charge in [0.25, 0.3) is 0 Å². The summed E-state index contributed by atoms with van der Waals surface area (Å²) in [5, 5.41) is 6.33. The topological polar surface area (TPSA) is 59.1 Å². The molecule has 0 amide bonds. The molecule has 0 aliphatic rings. The molecule has 3 aromatic rings. The molecule has 0 fully saturated rings. The molecule has 0 saturated carbocycles. The van der Waals surface area contributed by atoms with E-state index in [0.717, 1.165) is 16.9 Å². The van der Waals surface area contributed by atoms with Crippen molar-refractivity contribution in [3.8, 4) is 5.75 Å². The Labute approximate surface area is 156 Å². The van der Waals surface area contributed by atoms with Crippen LogP contribution < -0.4 is 15.4 Å². The summed E-state index contributed by atoms with van der Waals surface area (Å²) >= 11 is 5.82. The molecule has 0 radical (unpaired) electrons. The van der Waals surface area contributed by atoms with Crippen molar-refractivity contribution in [3.63, 3.8) is 0 Å². The minimum absolute atomic E-state index is 0.0450. The molecule has 0 atom stereocenters. The molecule has 0 saturated heterocycles. The maximum atomic E-state index is 13.3. The van der Waals surface area contributed by atoms with Gasteiger partial charge >= 0.3 is 0 Å². The predicted octanol–water partition coefficient (Wildman–Crippen LogP) is 5.38. The van der Waals surface area contributed by atoms with Crippen LogP contribution in [-0.4, -0.2) is 17.1 Å². The number of anilines is 4. The van der Waals surface area contributed by atoms with Gasteiger partial charge in [-0.3, -0.25) is 0 Å². The van der Waals surface area contributed by atoms with Crippen LogP contribution in [0.4, 0.5) is 27.5 Å². The van der Waals surface area contributed by atoms with E-state index in [9.17, 15) is 4.39 Å². The molecule has 2 N–H and O–H groups in total. The molecule has 0 unspecified atom stereocenters. The Hall–Kier alpha value is -2.86. The molecule has 0 bridgehead atoms. The number of nitrogens with one attached hydrogen (secondary N) is 2. The maximum Gasteiger partial charge on any atom is 0.229 e. The molecule has 3 rings (SSSR count). The zero-order valence-corrected chi connectivity index (χ0v) is 15.4. The molecule has 0 aliphatic carbocycles. The summed E-state index contributed by atoms with van der Waals surface area (Å²) in [6.07, 6.45) is 0. The van der Waals surface area contributed by atoms with Gasteiger partial charge in [0.2, 0.25) is 5.95 Å². The van der Waals surface area contributed by atoms with Crippen LogP contribution in [0.2, 0.25) is 5.02 Å². The summed E-state index contributed by atoms with van der Waals surface area (Å²) in [6, 6.07) is 12.0. The largest absolute Gasteiger partial charge is 0.495 e. The third-order valence-electron chi connectivity index (χ3n) is 3.65. The highest BCUT2D eigenvalue weighted by atomic mass is 35.5. The lowest BCUT2D eigenvalue weighted by molar-refractivity contribution is 0.416. The lowest BCUT2D eigenvalue weighted by Gasteiger charge is -2.13. The number of halogens is 2. The monoisotopic (exact) mass is 372 g/mol. The molecule has 134 valence electrons. The molecular weight excluding hydrogens is 355 g/mol. The molecule has 0 aliphatic heterocycles. The minimum atomic E-state index is -0.468. The highest BCUT2D eigenvalue weighted by Gasteiger charge is 2.08. The second-order valence-corrected chi connectivity index (χ2v) is 6.21. The van der Waals surface area contributed by atoms with Gasteiger partial charge in [-0.25, -0.2) is 9.37 Å². The van der Waals surface area contributed by atoms with Crippen molar-refractivity contribution in [3.05, 3.63) is 64.6 Å². The first-order chi connectivity index (χ1) is 12.4. The normalized spacial score (nSPS) is 10.5. The smallest absolute Gasteiger partial charge is 0.229 e. The van der Waals surface area contributed by atoms with Crippen molar-refractivity contribution in [2.45, 2.75) is 13.8 Å². The third-order valence-corrected chi connectivity index (χ3v) is 3.94. The molecule has 5 nitrogen and oxygen atoms in total. The van der Waals surface area contributed by atoms with Gasteiger partial charge in [-0.15, -0.1) is 0 Å². The Morgan fingerprint density at radius 1 is 1.00 bits per heavy atom. The Morgan fingerprint density at radius 2 is 1.81 bits per heavy atom. The summed E-state index contributed by atoms with van der Waals surface area (Å²) in [5.74, 6) is 1.21. The quantitative estimate of drug-likeness (QED) is 0.629. The summed E-state index contributed by atoms with van der Waals surface area (Å²) in [7, 11) is 1.61. The van der Waals surface area contributed by atoms with Crippen molar-refractivity contribution in [2.75, 3.05) is 17.7 Å². The molecular formula is C19H18ClFN4O. The van der Waals surface area contributed by atoms with Crippen molar-refractivity contribution in [2.24, 2.45) is 0 Å². The van der Waals surface area contributed by atoms with Crippen molar-refractivity contribution in [1.29, 1.82) is 0 Å². The first-order valence-corrected chi connectivity index (χ1v) is 8.32. The van der Waals surface area contributed by atoms with Gasteiger partial charge in [0, 0.05) is 17.4 Å². The summed E-state index contributed by atoms with van der Waals surface area (Å²) in [5.41, 5.74) is 3.26. The number of methoxy groups -OCH3 is 1. The molecule has 1 heterocycles. The Morgan fingerprint density at radius 3 is 2.54 bits per heavy atom. The van der Waals surface area contributed by atoms with Gasteiger partial charge in [-0.1, -0.05) is 17.7 Å². The summed E-state index contributed by atoms with van der Waals surface area (Å²) in [6.45, 7) is 3.86. The van der Waals surface area contributed by atoms with Gasteiger partial charge in [-0.2, -0.15) is 4.98 Å². The van der Waals surface area contributed by atoms with Crippen LogP contribution in [0.25, 0.3) is 0 Å². The zero-order valence-electron chi connectivity index (χ0n) is 14.6. The number of aryl methyl sites for hydroxylation is 2. The number of aromatic nitrogens is 2. The summed E-state index contributed by atoms with van der Waals surface area (Å²) in [4.78, 5) is 8.86. The third kappa shape index (κ3) is 4.21. The van der Waals surface area contributed by atoms with Gasteiger partial charge < -0.3 is 15.4 Å². The molecule has 0 spiro atoms. The van der Waals surface area contributed by atoms with Crippen LogP contribution in [0, 0.1) is 19.7 Å². The highest BCUT2D eigenvalue weighted by molar-refractivity contribution is 6.31. The van der Waals surface area contributed by atoms with E-state index in [-0.39, 0.29) is 5.02 Å². The van der Waals surface area contributed by atoms with E-state index in [1.54, 1.807) is 19.2 Å². The minimum Gasteiger partial charge on any atom is -0.495 e. The van der Waals surface area contributed by atoms with Crippen molar-refractivity contribution < 1.29 is 9.13 Å². The van der Waals surface area contributed by atoms with E-state index in [4.69, 9.17) is 16.3 Å². The first kappa shape index (κ1) is 17.9. The van der Waals surface area contributed by atoms with Gasteiger partial charge in [-0.05, 0) is 49.7 Å². The number of rotatable bonds is 5. The number of nitrogens with zero attached hydrogens (tertiary/aromatic N) is 2. The lowest BCUT2D eigenvalue weighted by Crippen LogP contribution is -2.03. The average Bonchev–Trinajstić information content (AvgIpc) is 2.58. The number of hydrogen-bond donors (Lipinski definition) is 2. The number of ether oxygens (including phenoxy) is 1. The van der Waals surface area contributed by atoms with E-state index < -0.39 is 5.82 Å². The second-order valence-electron chi connectivity index (χ2n) is 5.80. The first-order valence-electron chi connectivity index (χ1n) is 7.94. The van der Waals surface area contributed by atoms with E-state index in [1.807, 2.05) is 32.0 Å². The Kier molecular flexibility index (Phi) is 5.23. The molecule has 2 aromatic carbocycles. The number of benzene rings is 2. The van der Waals surface area contributed by atoms with Crippen LogP contribution >= 0.6 is 11.6 Å². The average molecular weight is 373 g/mol. The van der Waals surface area contributed by atoms with Crippen LogP contribution in [0.15, 0.2) is 42.5 Å². The van der Waals surface area contributed by atoms with E-state index in [1.165, 1.54) is 12.1 Å². The highest BCUT2D eigenvalue weighted by Crippen LogP contribution is 2.28. The standard InChI is InChI=1S/C19H18ClFN4O/c1-11-4-7-17(26-3)16(8-11)24-19-22-12(2)9-18(25-19)23-13-5-6-15(21)14(20)10-13/h4-10H,1-3H3,(H2,22,23,24,25). The van der Waals surface area contributed by atoms with Gasteiger partial charge in [0.15, 0.2) is 0 Å². The second kappa shape index (κ2) is 7.58. The zero-order chi connectivity index (χ0) is 18.7. The van der Waals surface area contributed by atoms with Gasteiger partial charge in [0.05, 0.1) is 17.8 Å². The predicted molar refractivity (Wildman–Crippen MR) is 102 cm³/mol.